The predicted molar refractivity (Wildman–Crippen MR) is 308 cm³/mol. The van der Waals surface area contributed by atoms with Gasteiger partial charge in [0.15, 0.2) is 8.32 Å². The number of nitriles is 2. The number of rotatable bonds is 13. The molecule has 1 aliphatic heterocycles. The molecular weight excluding hydrogens is 667 g/mol. The van der Waals surface area contributed by atoms with Crippen molar-refractivity contribution >= 4 is 38.8 Å². The Morgan fingerprint density at radius 3 is 2.14 bits per heavy atom. The number of nitrogens with one attached hydrogen (secondary N) is 2. The minimum atomic E-state index is -1.79. The molecule has 0 fully saturated rings. The second-order valence-corrected chi connectivity index (χ2v) is 17.7. The third kappa shape index (κ3) is 10.6. The summed E-state index contributed by atoms with van der Waals surface area (Å²) in [6.45, 7) is 12.9. The quantitative estimate of drug-likeness (QED) is 0.0563. The van der Waals surface area contributed by atoms with Crippen LogP contribution >= 0.6 is 0 Å². The van der Waals surface area contributed by atoms with Crippen molar-refractivity contribution in [1.82, 2.24) is 9.97 Å². The maximum atomic E-state index is 10.9. The molecule has 0 saturated heterocycles. The number of hydrogen-bond donors (Lipinski definition) is 4. The first kappa shape index (κ1) is 8.83. The molecule has 0 saturated carbocycles. The molecule has 370 valence electrons. The highest BCUT2D eigenvalue weighted by Crippen LogP contribution is 2.36. The predicted octanol–water partition coefficient (Wildman–Crippen LogP) is 18.4. The number of carbonyl (C=O) groups is 1. The number of aromatic nitrogens is 2. The Labute approximate surface area is 462 Å². The van der Waals surface area contributed by atoms with E-state index in [0.29, 0.717) is 71.6 Å². The molecule has 0 spiro atoms. The molecule has 51 heavy (non-hydrogen) atoms. The number of aliphatic hydroxyl groups is 1. The normalized spacial score (nSPS) is 20.4. The van der Waals surface area contributed by atoms with Crippen LogP contribution in [0.1, 0.15) is 205 Å². The Morgan fingerprint density at radius 2 is 1.57 bits per heavy atom. The van der Waals surface area contributed by atoms with Crippen molar-refractivity contribution in [3.8, 4) is 35.4 Å². The standard InChI is InChI=1S/C21H27N3O3Si.C15H14BN3O4.53H2/c1-21(2,3)28(4,5)26-12-11-23-19-10-9-17(14-22)20(24-19)27-18-8-6-7-16(13-18)15-25;17-8-10-1-4-14(18-5-6-20)19-15(10)23-12-2-3-13-11(7-12)9-22-16(13)21;;;;;;;;;;;;;;;;;;;;;;;;;;;;;;;;;;;;;;;;;;;;;;;;;;;;;/h6-10,13,15H,11-12H2,1-5H3,(H,23,24);1-4,7,20-21H,5-6,9H2,(H,18,19);53*1H/i;;53*1+1D. The average Bonchev–Trinajstić information content (AvgIpc) is 1.73. The van der Waals surface area contributed by atoms with Gasteiger partial charge < -0.3 is 39.3 Å². The van der Waals surface area contributed by atoms with Crippen LogP contribution in [-0.2, 0) is 15.7 Å². The molecule has 0 atom stereocenters. The van der Waals surface area contributed by atoms with Crippen molar-refractivity contribution in [3.05, 3.63) is 89.0 Å². The number of carbonyl (C=O) groups excluding carboxylic acids is 1. The fourth-order valence-corrected chi connectivity index (χ4v) is 5.48. The van der Waals surface area contributed by atoms with Gasteiger partial charge in [0.25, 0.3) is 0 Å². The molecule has 0 aliphatic carbocycles. The van der Waals surface area contributed by atoms with E-state index < -0.39 is 15.4 Å². The van der Waals surface area contributed by atoms with Gasteiger partial charge in [-0.25, -0.2) is 0 Å². The smallest absolute Gasteiger partial charge is 0.438 e. The van der Waals surface area contributed by atoms with Crippen molar-refractivity contribution in [1.29, 1.82) is 10.5 Å². The van der Waals surface area contributed by atoms with Crippen molar-refractivity contribution in [3.63, 3.8) is 0 Å². The third-order valence-electron chi connectivity index (χ3n) is 8.26. The maximum Gasteiger partial charge on any atom is 0.491 e. The second kappa shape index (κ2) is 17.6. The van der Waals surface area contributed by atoms with E-state index in [9.17, 15) is 15.1 Å². The van der Waals surface area contributed by atoms with Gasteiger partial charge in [0.2, 0.25) is 11.8 Å². The molecule has 2 aromatic heterocycles. The van der Waals surface area contributed by atoms with Crippen molar-refractivity contribution in [2.24, 2.45) is 0 Å². The van der Waals surface area contributed by atoms with Gasteiger partial charge >= 0.3 is 7.12 Å². The van der Waals surface area contributed by atoms with E-state index in [-0.39, 0.29) is 23.4 Å². The number of aliphatic hydroxyl groups excluding tert-OH is 1. The molecule has 0 radical (unpaired) electrons. The zero-order valence-corrected chi connectivity index (χ0v) is 30.3. The highest BCUT2D eigenvalue weighted by atomic mass is 28.4. The lowest BCUT2D eigenvalue weighted by atomic mass is 9.80. The van der Waals surface area contributed by atoms with E-state index in [1.807, 2.05) is 6.07 Å². The molecular formula is C36H147BN6O7Si. The summed E-state index contributed by atoms with van der Waals surface area (Å²) in [6, 6.07) is 22.6. The number of pyridine rings is 2. The third-order valence-corrected chi connectivity index (χ3v) is 12.8. The monoisotopic (exact) mass is 922 g/mol. The van der Waals surface area contributed by atoms with Crippen LogP contribution < -0.4 is 25.6 Å². The van der Waals surface area contributed by atoms with Gasteiger partial charge in [-0.3, -0.25) is 4.79 Å². The van der Waals surface area contributed by atoms with Crippen LogP contribution in [-0.4, -0.2) is 68.1 Å². The molecule has 0 unspecified atom stereocenters. The van der Waals surface area contributed by atoms with E-state index in [1.54, 1.807) is 66.7 Å². The van der Waals surface area contributed by atoms with Crippen molar-refractivity contribution in [2.45, 2.75) is 45.5 Å². The molecule has 5 rings (SSSR count). The molecule has 0 amide bonds. The summed E-state index contributed by atoms with van der Waals surface area (Å²) in [4.78, 5) is 19.6. The molecule has 0 bridgehead atoms. The number of anilines is 2. The van der Waals surface area contributed by atoms with Gasteiger partial charge in [-0.05, 0) is 77.7 Å². The van der Waals surface area contributed by atoms with Gasteiger partial charge in [0.1, 0.15) is 52.7 Å². The number of ether oxygens (including phenoxy) is 2. The average molecular weight is 922 g/mol. The summed E-state index contributed by atoms with van der Waals surface area (Å²) in [6.07, 6.45) is 0.742. The van der Waals surface area contributed by atoms with Gasteiger partial charge in [-0.1, -0.05) is 39.0 Å². The van der Waals surface area contributed by atoms with E-state index in [4.69, 9.17) is 186 Å². The zero-order chi connectivity index (χ0) is 143. The SMILES string of the molecule is CC(C)(C)[Si](C)(C)OCCNc1ccc(C#N)c(Oc2cccc(C=O)c2)n1.N#Cc1ccc(NCCO)nc1Oc1ccc2c(c1)COB2O.[2H][2H].[2H][2H].[2H][2H].[2H][2H].[2H][2H].[2H][2H].[2H][2H].[2H][2H].[2H][2H].[2H][2H].[2H][2H].[2H][2H].[2H][2H].[2H][2H].[2H][2H].[2H][2H].[2H][2H].[2H][2H].[2H][2H].[2H][2H].[2H][2H].[2H][2H].[2H][2H].[2H][2H].[2H][2H].[2H][2H].[2H][2H].[2H][2H].[2H][2H].[2H][2H].[2H][2H].[2H][2H].[2H][2H].[2H][2H].[2H][2H].[2H][2H].[2H][2H].[2H][2H].[2H][2H].[2H][2H].[2H][2H].[2H][2H].[2H][2H].[2H][2H].[2H][2H].[2H][2H].[2H][2H].[2H][2H].[2H][2H].[2H][2H].[2H][2H].[2H][2H].[2H][2H]. The van der Waals surface area contributed by atoms with Crippen LogP contribution in [0.25, 0.3) is 0 Å². The van der Waals surface area contributed by atoms with Gasteiger partial charge in [-0.2, -0.15) is 20.5 Å². The first-order chi connectivity index (χ1) is 77.4. The summed E-state index contributed by atoms with van der Waals surface area (Å²) in [5.74, 6) is 2.43. The lowest BCUT2D eigenvalue weighted by Gasteiger charge is -2.36. The van der Waals surface area contributed by atoms with Crippen molar-refractivity contribution in [2.75, 3.05) is 36.9 Å². The van der Waals surface area contributed by atoms with E-state index >= 15 is 0 Å². The van der Waals surface area contributed by atoms with E-state index in [1.165, 1.54) is 0 Å². The van der Waals surface area contributed by atoms with Crippen LogP contribution in [0.2, 0.25) is 18.1 Å². The Morgan fingerprint density at radius 1 is 0.961 bits per heavy atom. The van der Waals surface area contributed by atoms with E-state index in [0.717, 1.165) is 11.8 Å². The van der Waals surface area contributed by atoms with Crippen LogP contribution in [0.4, 0.5) is 11.6 Å². The minimum absolute atomic E-state index is 0.0228. The lowest BCUT2D eigenvalue weighted by Crippen LogP contribution is -2.41. The maximum absolute atomic E-state index is 10.9. The van der Waals surface area contributed by atoms with Crippen molar-refractivity contribution < 1.29 is 191 Å². The fraction of sp³-hybridized carbons (Fsp3) is 0.306. The van der Waals surface area contributed by atoms with Crippen LogP contribution in [0.5, 0.6) is 23.3 Å². The highest BCUT2D eigenvalue weighted by molar-refractivity contribution is 6.74. The Balaban J connectivity index is -0.0000000168. The molecule has 4 N–H and O–H groups in total. The number of nitrogens with zero attached hydrogens (tertiary/aromatic N) is 4. The fourth-order valence-electron chi connectivity index (χ4n) is 4.43. The van der Waals surface area contributed by atoms with Gasteiger partial charge in [0.05, 0.1) is 19.8 Å². The van der Waals surface area contributed by atoms with E-state index in [2.05, 4.69) is 60.5 Å². The lowest BCUT2D eigenvalue weighted by molar-refractivity contribution is 0.112. The summed E-state index contributed by atoms with van der Waals surface area (Å²) in [7, 11) is -2.69. The molecule has 1 aliphatic rings. The van der Waals surface area contributed by atoms with Gasteiger partial charge in [-0.15, -0.1) is 0 Å². The highest BCUT2D eigenvalue weighted by Gasteiger charge is 2.36. The summed E-state index contributed by atoms with van der Waals surface area (Å²) >= 11 is 0. The van der Waals surface area contributed by atoms with Crippen LogP contribution in [0.15, 0.2) is 66.7 Å². The first-order valence-corrected chi connectivity index (χ1v) is 19.2. The Bertz CT molecular complexity index is 2050. The number of benzene rings is 2. The zero-order valence-electron chi connectivity index (χ0n) is 135. The summed E-state index contributed by atoms with van der Waals surface area (Å²) in [5, 5.41) is 43.2. The van der Waals surface area contributed by atoms with Crippen LogP contribution in [0, 0.1) is 22.7 Å². The van der Waals surface area contributed by atoms with Crippen LogP contribution in [0.3, 0.4) is 0 Å². The largest absolute Gasteiger partial charge is 0.491 e. The Hall–Kier alpha value is -5.29. The molecule has 2 aromatic carbocycles. The molecule has 3 heterocycles. The molecule has 13 nitrogen and oxygen atoms in total. The number of hydrogen-bond acceptors (Lipinski definition) is 13. The second-order valence-electron chi connectivity index (χ2n) is 12.9. The summed E-state index contributed by atoms with van der Waals surface area (Å²) < 4.78 is 553. The van der Waals surface area contributed by atoms with Gasteiger partial charge in [0, 0.05) is 176 Å². The molecule has 4 aromatic rings. The number of fused-ring (bicyclic) bond motifs is 1. The number of aldehydes is 1. The Kier molecular flexibility index (Phi) is 3.04. The minimum Gasteiger partial charge on any atom is -0.438 e. The molecule has 15 heteroatoms. The first-order valence-electron chi connectivity index (χ1n) is 69.3. The topological polar surface area (TPSA) is 192 Å². The summed E-state index contributed by atoms with van der Waals surface area (Å²) in [5.41, 5.74) is 2.66.